The molecule has 0 aromatic carbocycles. The lowest BCUT2D eigenvalue weighted by Crippen LogP contribution is -2.59. The fraction of sp³-hybridized carbons (Fsp3) is 0.750. The largest absolute Gasteiger partial charge is 0.756 e. The Kier molecular flexibility index (Phi) is 9.08. The SMILES string of the molecule is Cc1cn([C@H]2C[C@@H](O)[C@@H](COP(=O)(O)OP(=O)([O-])O[C@@H]3OC(CO)[C@H](O)[C@H](O)C3O)O2)c(=O)[nH]c1=O. The summed E-state index contributed by atoms with van der Waals surface area (Å²) in [5.41, 5.74) is -1.29. The summed E-state index contributed by atoms with van der Waals surface area (Å²) in [6.07, 6.45) is -12.5. The Labute approximate surface area is 201 Å². The van der Waals surface area contributed by atoms with E-state index in [1.54, 1.807) is 0 Å². The molecule has 2 aliphatic heterocycles. The molecule has 18 nitrogen and oxygen atoms in total. The van der Waals surface area contributed by atoms with E-state index in [4.69, 9.17) is 14.6 Å². The van der Waals surface area contributed by atoms with Gasteiger partial charge in [-0.2, -0.15) is 0 Å². The molecule has 2 aliphatic rings. The highest BCUT2D eigenvalue weighted by Gasteiger charge is 2.46. The number of H-pyrrole nitrogens is 1. The second-order valence-corrected chi connectivity index (χ2v) is 11.0. The molecule has 1 aromatic rings. The van der Waals surface area contributed by atoms with Crippen LogP contribution in [0.4, 0.5) is 0 Å². The Balaban J connectivity index is 1.59. The first-order chi connectivity index (χ1) is 16.6. The predicted octanol–water partition coefficient (Wildman–Crippen LogP) is -4.09. The molecule has 20 heteroatoms. The van der Waals surface area contributed by atoms with Gasteiger partial charge in [0.1, 0.15) is 36.7 Å². The summed E-state index contributed by atoms with van der Waals surface area (Å²) >= 11 is 0. The van der Waals surface area contributed by atoms with Crippen LogP contribution in [0.3, 0.4) is 0 Å². The molecule has 10 atom stereocenters. The minimum Gasteiger partial charge on any atom is -0.756 e. The van der Waals surface area contributed by atoms with Crippen molar-refractivity contribution >= 4 is 15.6 Å². The highest BCUT2D eigenvalue weighted by atomic mass is 31.3. The summed E-state index contributed by atoms with van der Waals surface area (Å²) in [5, 5.41) is 48.4. The molecule has 36 heavy (non-hydrogen) atoms. The van der Waals surface area contributed by atoms with E-state index in [2.05, 4.69) is 13.4 Å². The third-order valence-corrected chi connectivity index (χ3v) is 7.91. The van der Waals surface area contributed by atoms with E-state index in [1.807, 2.05) is 4.98 Å². The van der Waals surface area contributed by atoms with Gasteiger partial charge >= 0.3 is 13.5 Å². The highest BCUT2D eigenvalue weighted by Crippen LogP contribution is 2.59. The average molecular weight is 563 g/mol. The van der Waals surface area contributed by atoms with Crippen LogP contribution in [0.2, 0.25) is 0 Å². The molecule has 1 aromatic heterocycles. The van der Waals surface area contributed by atoms with Crippen LogP contribution >= 0.6 is 15.6 Å². The second-order valence-electron chi connectivity index (χ2n) is 8.01. The molecule has 0 radical (unpaired) electrons. The van der Waals surface area contributed by atoms with Gasteiger partial charge in [-0.3, -0.25) is 28.0 Å². The zero-order valence-electron chi connectivity index (χ0n) is 18.4. The second kappa shape index (κ2) is 11.2. The van der Waals surface area contributed by atoms with Gasteiger partial charge in [-0.25, -0.2) is 13.7 Å². The Morgan fingerprint density at radius 3 is 2.44 bits per heavy atom. The minimum atomic E-state index is -5.79. The van der Waals surface area contributed by atoms with E-state index in [0.29, 0.717) is 0 Å². The molecule has 0 saturated carbocycles. The Bertz CT molecular complexity index is 1140. The topological polar surface area (TPSA) is 280 Å². The summed E-state index contributed by atoms with van der Waals surface area (Å²) in [5.74, 6) is 0. The molecular formula is C16H25N2O16P2-. The van der Waals surface area contributed by atoms with Gasteiger partial charge < -0.3 is 44.8 Å². The van der Waals surface area contributed by atoms with Crippen molar-refractivity contribution in [1.82, 2.24) is 9.55 Å². The number of rotatable bonds is 9. The van der Waals surface area contributed by atoms with Crippen LogP contribution in [0.25, 0.3) is 0 Å². The van der Waals surface area contributed by atoms with Crippen LogP contribution in [0.15, 0.2) is 15.8 Å². The molecule has 7 N–H and O–H groups in total. The molecule has 3 heterocycles. The van der Waals surface area contributed by atoms with Gasteiger partial charge in [0.2, 0.25) is 0 Å². The van der Waals surface area contributed by atoms with Crippen LogP contribution in [0.5, 0.6) is 0 Å². The first kappa shape index (κ1) is 29.2. The van der Waals surface area contributed by atoms with Crippen LogP contribution in [0.1, 0.15) is 18.2 Å². The van der Waals surface area contributed by atoms with Crippen molar-refractivity contribution in [2.45, 2.75) is 62.5 Å². The van der Waals surface area contributed by atoms with Crippen molar-refractivity contribution in [2.75, 3.05) is 13.2 Å². The predicted molar refractivity (Wildman–Crippen MR) is 110 cm³/mol. The summed E-state index contributed by atoms with van der Waals surface area (Å²) in [6, 6.07) is 0. The summed E-state index contributed by atoms with van der Waals surface area (Å²) in [4.78, 5) is 47.4. The number of aliphatic hydroxyl groups excluding tert-OH is 5. The number of hydrogen-bond acceptors (Lipinski definition) is 15. The summed E-state index contributed by atoms with van der Waals surface area (Å²) < 4.78 is 48.3. The summed E-state index contributed by atoms with van der Waals surface area (Å²) in [7, 11) is -11.2. The fourth-order valence-electron chi connectivity index (χ4n) is 3.45. The number of phosphoric acid groups is 2. The smallest absolute Gasteiger partial charge is 0.478 e. The number of aromatic amines is 1. The van der Waals surface area contributed by atoms with Crippen molar-refractivity contribution in [3.05, 3.63) is 32.6 Å². The van der Waals surface area contributed by atoms with Gasteiger partial charge in [-0.15, -0.1) is 0 Å². The molecule has 2 fully saturated rings. The number of nitrogens with zero attached hydrogens (tertiary/aromatic N) is 1. The van der Waals surface area contributed by atoms with Crippen molar-refractivity contribution in [1.29, 1.82) is 0 Å². The number of ether oxygens (including phenoxy) is 2. The number of aryl methyl sites for hydroxylation is 1. The Morgan fingerprint density at radius 1 is 1.14 bits per heavy atom. The van der Waals surface area contributed by atoms with Gasteiger partial charge in [-0.05, 0) is 6.92 Å². The number of phosphoric ester groups is 2. The van der Waals surface area contributed by atoms with Crippen molar-refractivity contribution in [3.8, 4) is 0 Å². The molecule has 206 valence electrons. The van der Waals surface area contributed by atoms with E-state index in [-0.39, 0.29) is 12.0 Å². The molecule has 0 spiro atoms. The number of aliphatic hydroxyl groups is 5. The van der Waals surface area contributed by atoms with Crippen molar-refractivity contribution in [3.63, 3.8) is 0 Å². The number of hydrogen-bond donors (Lipinski definition) is 7. The zero-order chi connectivity index (χ0) is 27.0. The van der Waals surface area contributed by atoms with E-state index in [1.165, 1.54) is 13.1 Å². The minimum absolute atomic E-state index is 0.172. The van der Waals surface area contributed by atoms with Gasteiger partial charge in [0.15, 0.2) is 6.29 Å². The fourth-order valence-corrected chi connectivity index (χ4v) is 5.57. The standard InChI is InChI=1S/C16H26N2O16P2/c1-6-3-18(16(25)17-14(6)24)10-2-7(20)9(31-10)5-30-35(26,27)34-36(28,29)33-15-13(23)12(22)11(21)8(4-19)32-15/h3,7-13,15,19-23H,2,4-5H2,1H3,(H,26,27)(H,28,29)(H,17,24,25)/p-1/t7-,8?,9-,10-,11+,12+,13?,15+/m1/s1. The highest BCUT2D eigenvalue weighted by molar-refractivity contribution is 7.60. The average Bonchev–Trinajstić information content (AvgIpc) is 3.14. The molecule has 4 unspecified atom stereocenters. The number of nitrogens with one attached hydrogen (secondary N) is 1. The van der Waals surface area contributed by atoms with Gasteiger partial charge in [0.05, 0.1) is 19.3 Å². The van der Waals surface area contributed by atoms with Crippen molar-refractivity contribution in [2.24, 2.45) is 0 Å². The normalized spacial score (nSPS) is 36.3. The molecule has 0 amide bonds. The molecule has 0 aliphatic carbocycles. The monoisotopic (exact) mass is 563 g/mol. The Morgan fingerprint density at radius 2 is 1.81 bits per heavy atom. The van der Waals surface area contributed by atoms with E-state index in [9.17, 15) is 48.9 Å². The van der Waals surface area contributed by atoms with Gasteiger partial charge in [0, 0.05) is 18.2 Å². The first-order valence-corrected chi connectivity index (χ1v) is 13.2. The molecular weight excluding hydrogens is 538 g/mol. The van der Waals surface area contributed by atoms with Gasteiger partial charge in [-0.1, -0.05) is 0 Å². The van der Waals surface area contributed by atoms with Gasteiger partial charge in [0.25, 0.3) is 13.4 Å². The lowest BCUT2D eigenvalue weighted by molar-refractivity contribution is -0.302. The lowest BCUT2D eigenvalue weighted by atomic mass is 10.00. The maximum atomic E-state index is 12.1. The van der Waals surface area contributed by atoms with Crippen LogP contribution < -0.4 is 16.1 Å². The van der Waals surface area contributed by atoms with E-state index >= 15 is 0 Å². The quantitative estimate of drug-likeness (QED) is 0.141. The van der Waals surface area contributed by atoms with Crippen LogP contribution in [-0.2, 0) is 32.0 Å². The summed E-state index contributed by atoms with van der Waals surface area (Å²) in [6.45, 7) is -0.359. The molecule has 2 saturated heterocycles. The maximum Gasteiger partial charge on any atom is 0.478 e. The van der Waals surface area contributed by atoms with Crippen LogP contribution in [-0.4, -0.2) is 96.1 Å². The Hall–Kier alpha value is -1.34. The van der Waals surface area contributed by atoms with Crippen molar-refractivity contribution < 1.29 is 67.3 Å². The van der Waals surface area contributed by atoms with Crippen LogP contribution in [0, 0.1) is 6.92 Å². The maximum absolute atomic E-state index is 12.1. The molecule has 3 rings (SSSR count). The van der Waals surface area contributed by atoms with E-state index < -0.39 is 89.2 Å². The molecule has 0 bridgehead atoms. The number of aromatic nitrogens is 2. The first-order valence-electron chi connectivity index (χ1n) is 10.3. The zero-order valence-corrected chi connectivity index (χ0v) is 20.2. The lowest BCUT2D eigenvalue weighted by Gasteiger charge is -2.41. The third kappa shape index (κ3) is 6.75. The third-order valence-electron chi connectivity index (χ3n) is 5.35. The van der Waals surface area contributed by atoms with E-state index in [0.717, 1.165) is 4.57 Å².